The average molecular weight is 314 g/mol. The van der Waals surface area contributed by atoms with Gasteiger partial charge >= 0.3 is 0 Å². The summed E-state index contributed by atoms with van der Waals surface area (Å²) in [6.45, 7) is 7.79. The summed E-state index contributed by atoms with van der Waals surface area (Å²) < 4.78 is 12.9. The third kappa shape index (κ3) is 4.31. The summed E-state index contributed by atoms with van der Waals surface area (Å²) >= 11 is 0. The Morgan fingerprint density at radius 2 is 1.81 bits per heavy atom. The van der Waals surface area contributed by atoms with Crippen LogP contribution < -0.4 is 5.73 Å². The first kappa shape index (κ1) is 17.5. The largest absolute Gasteiger partial charge is 0.330 e. The molecule has 2 fully saturated rings. The molecule has 2 saturated carbocycles. The molecule has 4 atom stereocenters. The minimum atomic E-state index is -0.664. The van der Waals surface area contributed by atoms with Crippen LogP contribution in [-0.2, 0) is 10.8 Å². The van der Waals surface area contributed by atoms with Gasteiger partial charge in [0.15, 0.2) is 0 Å². The van der Waals surface area contributed by atoms with Crippen LogP contribution in [0.5, 0.6) is 0 Å². The molecule has 0 amide bonds. The van der Waals surface area contributed by atoms with Crippen molar-refractivity contribution < 1.29 is 4.21 Å². The normalized spacial score (nSPS) is 33.2. The Morgan fingerprint density at radius 1 is 1.14 bits per heavy atom. The standard InChI is InChI=1S/C18H35NOS/c1-4-18(2,3)16-10-9-15(12-19)17(11-16)21(20)13-14-7-5-6-8-14/h14-17H,4-13,19H2,1-3H3. The molecule has 21 heavy (non-hydrogen) atoms. The minimum Gasteiger partial charge on any atom is -0.330 e. The molecule has 0 aliphatic heterocycles. The van der Waals surface area contributed by atoms with Crippen LogP contribution in [0.4, 0.5) is 0 Å². The molecule has 3 heteroatoms. The van der Waals surface area contributed by atoms with E-state index in [1.165, 1.54) is 44.9 Å². The highest BCUT2D eigenvalue weighted by molar-refractivity contribution is 7.85. The van der Waals surface area contributed by atoms with Gasteiger partial charge in [-0.1, -0.05) is 40.0 Å². The molecular weight excluding hydrogens is 278 g/mol. The van der Waals surface area contributed by atoms with Gasteiger partial charge in [0, 0.05) is 21.8 Å². The lowest BCUT2D eigenvalue weighted by atomic mass is 9.67. The first-order chi connectivity index (χ1) is 9.97. The van der Waals surface area contributed by atoms with E-state index in [0.29, 0.717) is 16.6 Å². The summed E-state index contributed by atoms with van der Waals surface area (Å²) in [5, 5.41) is 0.361. The van der Waals surface area contributed by atoms with E-state index < -0.39 is 10.8 Å². The molecule has 0 heterocycles. The fraction of sp³-hybridized carbons (Fsp3) is 1.00. The van der Waals surface area contributed by atoms with Gasteiger partial charge in [-0.2, -0.15) is 0 Å². The quantitative estimate of drug-likeness (QED) is 0.802. The van der Waals surface area contributed by atoms with E-state index in [9.17, 15) is 4.21 Å². The highest BCUT2D eigenvalue weighted by Gasteiger charge is 2.39. The van der Waals surface area contributed by atoms with Gasteiger partial charge in [0.05, 0.1) is 0 Å². The van der Waals surface area contributed by atoms with Crippen molar-refractivity contribution in [3.05, 3.63) is 0 Å². The van der Waals surface area contributed by atoms with Gasteiger partial charge in [-0.3, -0.25) is 4.21 Å². The average Bonchev–Trinajstić information content (AvgIpc) is 2.99. The maximum Gasteiger partial charge on any atom is 0.0391 e. The fourth-order valence-corrected chi connectivity index (χ4v) is 6.48. The number of hydrogen-bond donors (Lipinski definition) is 1. The molecule has 0 radical (unpaired) electrons. The van der Waals surface area contributed by atoms with E-state index in [2.05, 4.69) is 20.8 Å². The van der Waals surface area contributed by atoms with Crippen LogP contribution in [0.3, 0.4) is 0 Å². The van der Waals surface area contributed by atoms with Crippen molar-refractivity contribution in [1.29, 1.82) is 0 Å². The van der Waals surface area contributed by atoms with Crippen LogP contribution in [0.1, 0.15) is 72.1 Å². The van der Waals surface area contributed by atoms with Gasteiger partial charge in [0.2, 0.25) is 0 Å². The van der Waals surface area contributed by atoms with E-state index >= 15 is 0 Å². The summed E-state index contributed by atoms with van der Waals surface area (Å²) in [7, 11) is -0.664. The fourth-order valence-electron chi connectivity index (χ4n) is 4.31. The smallest absolute Gasteiger partial charge is 0.0391 e. The van der Waals surface area contributed by atoms with Crippen molar-refractivity contribution in [2.75, 3.05) is 12.3 Å². The van der Waals surface area contributed by atoms with E-state index in [1.54, 1.807) is 0 Å². The lowest BCUT2D eigenvalue weighted by Gasteiger charge is -2.42. The van der Waals surface area contributed by atoms with E-state index in [4.69, 9.17) is 5.73 Å². The van der Waals surface area contributed by atoms with E-state index in [0.717, 1.165) is 30.6 Å². The molecule has 2 aliphatic rings. The zero-order valence-electron chi connectivity index (χ0n) is 14.3. The molecule has 0 aromatic carbocycles. The number of rotatable bonds is 6. The van der Waals surface area contributed by atoms with Gasteiger partial charge in [-0.15, -0.1) is 0 Å². The summed E-state index contributed by atoms with van der Waals surface area (Å²) in [4.78, 5) is 0. The summed E-state index contributed by atoms with van der Waals surface area (Å²) in [6.07, 6.45) is 10.1. The van der Waals surface area contributed by atoms with Gasteiger partial charge in [-0.25, -0.2) is 0 Å². The molecule has 124 valence electrons. The zero-order valence-corrected chi connectivity index (χ0v) is 15.1. The Bertz CT molecular complexity index is 349. The Hall–Kier alpha value is 0.110. The van der Waals surface area contributed by atoms with Crippen LogP contribution in [-0.4, -0.2) is 21.8 Å². The molecule has 2 N–H and O–H groups in total. The second-order valence-corrected chi connectivity index (χ2v) is 9.78. The third-order valence-electron chi connectivity index (χ3n) is 6.46. The summed E-state index contributed by atoms with van der Waals surface area (Å²) in [6, 6.07) is 0. The predicted octanol–water partition coefficient (Wildman–Crippen LogP) is 4.11. The molecule has 2 rings (SSSR count). The SMILES string of the molecule is CCC(C)(C)C1CCC(CN)C(S(=O)CC2CCCC2)C1. The Balaban J connectivity index is 2.00. The minimum absolute atomic E-state index is 0.361. The van der Waals surface area contributed by atoms with Crippen LogP contribution >= 0.6 is 0 Å². The molecule has 0 aromatic heterocycles. The maximum absolute atomic E-state index is 12.9. The maximum atomic E-state index is 12.9. The van der Waals surface area contributed by atoms with Crippen molar-refractivity contribution in [2.24, 2.45) is 28.9 Å². The van der Waals surface area contributed by atoms with Gasteiger partial charge in [0.25, 0.3) is 0 Å². The highest BCUT2D eigenvalue weighted by Crippen LogP contribution is 2.43. The van der Waals surface area contributed by atoms with E-state index in [1.807, 2.05) is 0 Å². The van der Waals surface area contributed by atoms with Crippen molar-refractivity contribution in [1.82, 2.24) is 0 Å². The molecule has 0 spiro atoms. The Morgan fingerprint density at radius 3 is 2.38 bits per heavy atom. The van der Waals surface area contributed by atoms with Gasteiger partial charge < -0.3 is 5.73 Å². The van der Waals surface area contributed by atoms with Crippen molar-refractivity contribution in [3.63, 3.8) is 0 Å². The lowest BCUT2D eigenvalue weighted by molar-refractivity contribution is 0.133. The topological polar surface area (TPSA) is 43.1 Å². The lowest BCUT2D eigenvalue weighted by Crippen LogP contribution is -2.42. The molecule has 2 nitrogen and oxygen atoms in total. The van der Waals surface area contributed by atoms with Crippen molar-refractivity contribution in [2.45, 2.75) is 77.4 Å². The first-order valence-corrected chi connectivity index (χ1v) is 10.4. The predicted molar refractivity (Wildman–Crippen MR) is 92.7 cm³/mol. The van der Waals surface area contributed by atoms with Crippen LogP contribution in [0.25, 0.3) is 0 Å². The van der Waals surface area contributed by atoms with E-state index in [-0.39, 0.29) is 0 Å². The molecule has 0 saturated heterocycles. The second kappa shape index (κ2) is 7.59. The summed E-state index contributed by atoms with van der Waals surface area (Å²) in [5.41, 5.74) is 6.38. The van der Waals surface area contributed by atoms with Gasteiger partial charge in [-0.05, 0) is 61.8 Å². The number of nitrogens with two attached hydrogens (primary N) is 1. The van der Waals surface area contributed by atoms with Crippen molar-refractivity contribution >= 4 is 10.8 Å². The second-order valence-electron chi connectivity index (χ2n) is 8.08. The van der Waals surface area contributed by atoms with Crippen molar-refractivity contribution in [3.8, 4) is 0 Å². The highest BCUT2D eigenvalue weighted by atomic mass is 32.2. The number of hydrogen-bond acceptors (Lipinski definition) is 2. The molecule has 0 bridgehead atoms. The molecule has 4 unspecified atom stereocenters. The Labute approximate surface area is 134 Å². The molecular formula is C18H35NOS. The monoisotopic (exact) mass is 313 g/mol. The van der Waals surface area contributed by atoms with Gasteiger partial charge in [0.1, 0.15) is 0 Å². The summed E-state index contributed by atoms with van der Waals surface area (Å²) in [5.74, 6) is 2.89. The van der Waals surface area contributed by atoms with Crippen LogP contribution in [0.15, 0.2) is 0 Å². The van der Waals surface area contributed by atoms with Crippen LogP contribution in [0.2, 0.25) is 0 Å². The van der Waals surface area contributed by atoms with Crippen LogP contribution in [0, 0.1) is 23.2 Å². The molecule has 0 aromatic rings. The first-order valence-electron chi connectivity index (χ1n) is 9.05. The Kier molecular flexibility index (Phi) is 6.31. The zero-order chi connectivity index (χ0) is 15.5. The molecule has 2 aliphatic carbocycles. The third-order valence-corrected chi connectivity index (χ3v) is 8.51.